The second-order valence-electron chi connectivity index (χ2n) is 2.50. The van der Waals surface area contributed by atoms with E-state index in [4.69, 9.17) is 5.11 Å². The number of carboxylic acids is 1. The molecule has 0 heterocycles. The van der Waals surface area contributed by atoms with Gasteiger partial charge in [-0.3, -0.25) is 0 Å². The lowest BCUT2D eigenvalue weighted by molar-refractivity contribution is -0.131. The largest absolute Gasteiger partial charge is 0.478 e. The van der Waals surface area contributed by atoms with Crippen LogP contribution in [0, 0.1) is 0 Å². The second kappa shape index (κ2) is 4.40. The highest BCUT2D eigenvalue weighted by molar-refractivity contribution is 5.85. The van der Waals surface area contributed by atoms with Crippen LogP contribution in [0.3, 0.4) is 0 Å². The molecule has 0 bridgehead atoms. The predicted molar refractivity (Wildman–Crippen MR) is 47.9 cm³/mol. The van der Waals surface area contributed by atoms with Crippen molar-refractivity contribution in [2.24, 2.45) is 0 Å². The van der Waals surface area contributed by atoms with E-state index in [0.717, 1.165) is 6.08 Å². The van der Waals surface area contributed by atoms with Gasteiger partial charge in [0.05, 0.1) is 0 Å². The number of alkyl halides is 1. The van der Waals surface area contributed by atoms with Crippen LogP contribution in [-0.2, 0) is 11.5 Å². The van der Waals surface area contributed by atoms with Crippen LogP contribution in [0.5, 0.6) is 0 Å². The van der Waals surface area contributed by atoms with Crippen molar-refractivity contribution >= 4 is 12.0 Å². The van der Waals surface area contributed by atoms with Gasteiger partial charge < -0.3 is 5.11 Å². The summed E-state index contributed by atoms with van der Waals surface area (Å²) < 4.78 is 12.3. The molecule has 0 aliphatic heterocycles. The second-order valence-corrected chi connectivity index (χ2v) is 2.50. The predicted octanol–water partition coefficient (Wildman–Crippen LogP) is 2.25. The zero-order chi connectivity index (χ0) is 9.68. The molecule has 13 heavy (non-hydrogen) atoms. The van der Waals surface area contributed by atoms with Gasteiger partial charge in [-0.25, -0.2) is 9.18 Å². The first-order chi connectivity index (χ1) is 6.24. The summed E-state index contributed by atoms with van der Waals surface area (Å²) >= 11 is 0. The molecule has 0 amide bonds. The van der Waals surface area contributed by atoms with E-state index in [1.54, 1.807) is 24.3 Å². The summed E-state index contributed by atoms with van der Waals surface area (Å²) in [4.78, 5) is 10.2. The number of carbonyl (C=O) groups is 1. The third-order valence-electron chi connectivity index (χ3n) is 1.60. The minimum Gasteiger partial charge on any atom is -0.478 e. The van der Waals surface area contributed by atoms with Crippen molar-refractivity contribution < 1.29 is 14.3 Å². The number of carboxylic acid groups (broad SMARTS) is 1. The van der Waals surface area contributed by atoms with Gasteiger partial charge in [0.2, 0.25) is 0 Å². The highest BCUT2D eigenvalue weighted by Crippen LogP contribution is 2.11. The van der Waals surface area contributed by atoms with Crippen molar-refractivity contribution in [3.05, 3.63) is 41.5 Å². The van der Waals surface area contributed by atoms with Crippen molar-refractivity contribution in [2.45, 2.75) is 6.67 Å². The van der Waals surface area contributed by atoms with Crippen molar-refractivity contribution in [1.29, 1.82) is 0 Å². The molecule has 2 nitrogen and oxygen atoms in total. The molecule has 1 aromatic carbocycles. The first-order valence-corrected chi connectivity index (χ1v) is 3.79. The first kappa shape index (κ1) is 9.45. The molecule has 0 spiro atoms. The standard InChI is InChI=1S/C10H9FO2/c11-7-9-4-2-1-3-8(9)5-6-10(12)13/h1-6H,7H2,(H,12,13)/b6-5+. The van der Waals surface area contributed by atoms with Crippen LogP contribution in [0.4, 0.5) is 4.39 Å². The monoisotopic (exact) mass is 180 g/mol. The van der Waals surface area contributed by atoms with E-state index in [2.05, 4.69) is 0 Å². The summed E-state index contributed by atoms with van der Waals surface area (Å²) in [6.45, 7) is -0.583. The molecule has 3 heteroatoms. The molecule has 0 fully saturated rings. The fourth-order valence-electron chi connectivity index (χ4n) is 0.980. The Kier molecular flexibility index (Phi) is 3.20. The van der Waals surface area contributed by atoms with Gasteiger partial charge in [0, 0.05) is 6.08 Å². The molecule has 0 saturated heterocycles. The summed E-state index contributed by atoms with van der Waals surface area (Å²) in [5.74, 6) is -1.03. The highest BCUT2D eigenvalue weighted by Gasteiger charge is 1.97. The van der Waals surface area contributed by atoms with Crippen LogP contribution in [0.25, 0.3) is 6.08 Å². The number of benzene rings is 1. The molecule has 68 valence electrons. The average Bonchev–Trinajstić information content (AvgIpc) is 2.15. The molecule has 0 unspecified atom stereocenters. The zero-order valence-electron chi connectivity index (χ0n) is 6.90. The summed E-state index contributed by atoms with van der Waals surface area (Å²) in [5.41, 5.74) is 1.10. The maximum atomic E-state index is 12.3. The van der Waals surface area contributed by atoms with Gasteiger partial charge in [0.1, 0.15) is 6.67 Å². The molecule has 0 radical (unpaired) electrons. The highest BCUT2D eigenvalue weighted by atomic mass is 19.1. The lowest BCUT2D eigenvalue weighted by Gasteiger charge is -1.98. The van der Waals surface area contributed by atoms with Crippen LogP contribution in [-0.4, -0.2) is 11.1 Å². The van der Waals surface area contributed by atoms with E-state index < -0.39 is 12.6 Å². The van der Waals surface area contributed by atoms with Crippen LogP contribution < -0.4 is 0 Å². The van der Waals surface area contributed by atoms with Crippen molar-refractivity contribution in [2.75, 3.05) is 0 Å². The van der Waals surface area contributed by atoms with Gasteiger partial charge in [0.25, 0.3) is 0 Å². The number of halogens is 1. The molecule has 0 atom stereocenters. The average molecular weight is 180 g/mol. The molecular weight excluding hydrogens is 171 g/mol. The number of hydrogen-bond donors (Lipinski definition) is 1. The van der Waals surface area contributed by atoms with Gasteiger partial charge >= 0.3 is 5.97 Å². The molecule has 0 aromatic heterocycles. The molecule has 0 aliphatic carbocycles. The summed E-state index contributed by atoms with van der Waals surface area (Å²) in [5, 5.41) is 8.36. The Morgan fingerprint density at radius 3 is 2.77 bits per heavy atom. The van der Waals surface area contributed by atoms with Crippen LogP contribution in [0.2, 0.25) is 0 Å². The smallest absolute Gasteiger partial charge is 0.328 e. The fraction of sp³-hybridized carbons (Fsp3) is 0.100. The SMILES string of the molecule is O=C(O)/C=C/c1ccccc1CF. The third kappa shape index (κ3) is 2.71. The summed E-state index contributed by atoms with van der Waals surface area (Å²) in [7, 11) is 0. The van der Waals surface area contributed by atoms with Gasteiger partial charge in [-0.2, -0.15) is 0 Å². The van der Waals surface area contributed by atoms with E-state index in [0.29, 0.717) is 11.1 Å². The molecule has 0 aliphatic rings. The Bertz CT molecular complexity index is 331. The maximum absolute atomic E-state index is 12.3. The van der Waals surface area contributed by atoms with Crippen molar-refractivity contribution in [3.8, 4) is 0 Å². The lowest BCUT2D eigenvalue weighted by Crippen LogP contribution is -1.88. The molecule has 1 N–H and O–H groups in total. The Morgan fingerprint density at radius 1 is 1.46 bits per heavy atom. The van der Waals surface area contributed by atoms with Gasteiger partial charge in [0.15, 0.2) is 0 Å². The van der Waals surface area contributed by atoms with Gasteiger partial charge in [-0.15, -0.1) is 0 Å². The van der Waals surface area contributed by atoms with E-state index in [-0.39, 0.29) is 0 Å². The summed E-state index contributed by atoms with van der Waals surface area (Å²) in [6, 6.07) is 6.75. The molecule has 1 aromatic rings. The zero-order valence-corrected chi connectivity index (χ0v) is 6.90. The molecular formula is C10H9FO2. The Balaban J connectivity index is 2.93. The molecule has 0 saturated carbocycles. The lowest BCUT2D eigenvalue weighted by atomic mass is 10.1. The van der Waals surface area contributed by atoms with Crippen LogP contribution >= 0.6 is 0 Å². The van der Waals surface area contributed by atoms with Gasteiger partial charge in [-0.05, 0) is 17.2 Å². The molecule has 1 rings (SSSR count). The van der Waals surface area contributed by atoms with Crippen molar-refractivity contribution in [3.63, 3.8) is 0 Å². The number of aliphatic carboxylic acids is 1. The third-order valence-corrected chi connectivity index (χ3v) is 1.60. The Labute approximate surface area is 75.3 Å². The van der Waals surface area contributed by atoms with Gasteiger partial charge in [-0.1, -0.05) is 24.3 Å². The minimum absolute atomic E-state index is 0.500. The number of rotatable bonds is 3. The van der Waals surface area contributed by atoms with E-state index in [9.17, 15) is 9.18 Å². The Hall–Kier alpha value is -1.64. The van der Waals surface area contributed by atoms with E-state index in [1.807, 2.05) is 0 Å². The summed E-state index contributed by atoms with van der Waals surface area (Å²) in [6.07, 6.45) is 2.38. The maximum Gasteiger partial charge on any atom is 0.328 e. The van der Waals surface area contributed by atoms with E-state index in [1.165, 1.54) is 6.08 Å². The minimum atomic E-state index is -1.03. The topological polar surface area (TPSA) is 37.3 Å². The van der Waals surface area contributed by atoms with Crippen LogP contribution in [0.1, 0.15) is 11.1 Å². The Morgan fingerprint density at radius 2 is 2.15 bits per heavy atom. The quantitative estimate of drug-likeness (QED) is 0.724. The van der Waals surface area contributed by atoms with Crippen molar-refractivity contribution in [1.82, 2.24) is 0 Å². The van der Waals surface area contributed by atoms with Crippen LogP contribution in [0.15, 0.2) is 30.3 Å². The normalized spacial score (nSPS) is 10.5. The fourth-order valence-corrected chi connectivity index (χ4v) is 0.980. The number of hydrogen-bond acceptors (Lipinski definition) is 1. The van der Waals surface area contributed by atoms with E-state index >= 15 is 0 Å². The first-order valence-electron chi connectivity index (χ1n) is 3.79.